The Kier molecular flexibility index (Phi) is 5.57. The van der Waals surface area contributed by atoms with Gasteiger partial charge < -0.3 is 14.4 Å². The standard InChI is InChI=1S/C21H28BrNO4/c1-5-26-18(24)17-12-23(19(25)27-20(2,3)4)13-21(17)10-6-7-14-11-15(22)8-9-16(14)21/h8-9,11,17H,5-7,10,12-13H2,1-4H3. The Labute approximate surface area is 169 Å². The van der Waals surface area contributed by atoms with Gasteiger partial charge in [-0.05, 0) is 70.2 Å². The molecule has 5 nitrogen and oxygen atoms in total. The van der Waals surface area contributed by atoms with Gasteiger partial charge in [0.1, 0.15) is 5.60 Å². The first-order valence-corrected chi connectivity index (χ1v) is 10.4. The van der Waals surface area contributed by atoms with Gasteiger partial charge in [-0.3, -0.25) is 4.79 Å². The lowest BCUT2D eigenvalue weighted by molar-refractivity contribution is -0.149. The van der Waals surface area contributed by atoms with Crippen LogP contribution < -0.4 is 0 Å². The second-order valence-electron chi connectivity index (χ2n) is 8.48. The Balaban J connectivity index is 1.99. The van der Waals surface area contributed by atoms with E-state index in [1.54, 1.807) is 4.90 Å². The number of aryl methyl sites for hydroxylation is 1. The Morgan fingerprint density at radius 1 is 1.33 bits per heavy atom. The summed E-state index contributed by atoms with van der Waals surface area (Å²) in [7, 11) is 0. The van der Waals surface area contributed by atoms with Crippen LogP contribution >= 0.6 is 15.9 Å². The fourth-order valence-electron chi connectivity index (χ4n) is 4.43. The number of carbonyl (C=O) groups excluding carboxylic acids is 2. The van der Waals surface area contributed by atoms with Crippen LogP contribution in [0.4, 0.5) is 4.79 Å². The average molecular weight is 438 g/mol. The highest BCUT2D eigenvalue weighted by Gasteiger charge is 2.55. The Hall–Kier alpha value is -1.56. The molecule has 0 N–H and O–H groups in total. The smallest absolute Gasteiger partial charge is 0.410 e. The van der Waals surface area contributed by atoms with Crippen LogP contribution in [-0.2, 0) is 26.1 Å². The third kappa shape index (κ3) is 4.00. The molecular weight excluding hydrogens is 410 g/mol. The first-order valence-electron chi connectivity index (χ1n) is 9.60. The molecule has 0 radical (unpaired) electrons. The molecule has 2 atom stereocenters. The van der Waals surface area contributed by atoms with Gasteiger partial charge in [-0.15, -0.1) is 0 Å². The van der Waals surface area contributed by atoms with Gasteiger partial charge >= 0.3 is 12.1 Å². The number of esters is 1. The van der Waals surface area contributed by atoms with Crippen LogP contribution in [0.15, 0.2) is 22.7 Å². The molecule has 1 heterocycles. The van der Waals surface area contributed by atoms with Crippen LogP contribution in [0.25, 0.3) is 0 Å². The van der Waals surface area contributed by atoms with Crippen molar-refractivity contribution in [2.75, 3.05) is 19.7 Å². The van der Waals surface area contributed by atoms with E-state index in [1.807, 2.05) is 33.8 Å². The second kappa shape index (κ2) is 7.46. The highest BCUT2D eigenvalue weighted by molar-refractivity contribution is 9.10. The molecule has 2 unspecified atom stereocenters. The minimum absolute atomic E-state index is 0.223. The maximum Gasteiger partial charge on any atom is 0.410 e. The predicted molar refractivity (Wildman–Crippen MR) is 107 cm³/mol. The number of hydrogen-bond acceptors (Lipinski definition) is 4. The zero-order chi connectivity index (χ0) is 19.8. The summed E-state index contributed by atoms with van der Waals surface area (Å²) in [5, 5.41) is 0. The molecule has 1 aromatic rings. The van der Waals surface area contributed by atoms with Crippen LogP contribution in [0.1, 0.15) is 51.7 Å². The van der Waals surface area contributed by atoms with Crippen molar-refractivity contribution in [1.29, 1.82) is 0 Å². The van der Waals surface area contributed by atoms with E-state index in [1.165, 1.54) is 11.1 Å². The minimum Gasteiger partial charge on any atom is -0.466 e. The molecule has 1 spiro atoms. The van der Waals surface area contributed by atoms with Gasteiger partial charge in [0.2, 0.25) is 0 Å². The molecule has 1 aliphatic heterocycles. The third-order valence-electron chi connectivity index (χ3n) is 5.44. The monoisotopic (exact) mass is 437 g/mol. The van der Waals surface area contributed by atoms with Crippen molar-refractivity contribution >= 4 is 28.0 Å². The topological polar surface area (TPSA) is 55.8 Å². The van der Waals surface area contributed by atoms with E-state index in [2.05, 4.69) is 28.1 Å². The number of amides is 1. The predicted octanol–water partition coefficient (Wildman–Crippen LogP) is 4.45. The van der Waals surface area contributed by atoms with Gasteiger partial charge in [0.15, 0.2) is 0 Å². The Bertz CT molecular complexity index is 742. The summed E-state index contributed by atoms with van der Waals surface area (Å²) in [6.07, 6.45) is 2.47. The fourth-order valence-corrected chi connectivity index (χ4v) is 4.84. The molecule has 148 valence electrons. The van der Waals surface area contributed by atoms with E-state index in [4.69, 9.17) is 9.47 Å². The Morgan fingerprint density at radius 3 is 2.74 bits per heavy atom. The van der Waals surface area contributed by atoms with E-state index >= 15 is 0 Å². The molecule has 0 bridgehead atoms. The van der Waals surface area contributed by atoms with Crippen LogP contribution in [-0.4, -0.2) is 42.3 Å². The van der Waals surface area contributed by atoms with Crippen LogP contribution in [0.3, 0.4) is 0 Å². The lowest BCUT2D eigenvalue weighted by Gasteiger charge is -2.39. The number of fused-ring (bicyclic) bond motifs is 2. The summed E-state index contributed by atoms with van der Waals surface area (Å²) in [6, 6.07) is 6.25. The van der Waals surface area contributed by atoms with Gasteiger partial charge in [-0.2, -0.15) is 0 Å². The summed E-state index contributed by atoms with van der Waals surface area (Å²) < 4.78 is 12.0. The quantitative estimate of drug-likeness (QED) is 0.641. The lowest BCUT2D eigenvalue weighted by Crippen LogP contribution is -2.43. The molecular formula is C21H28BrNO4. The van der Waals surface area contributed by atoms with Crippen molar-refractivity contribution in [3.05, 3.63) is 33.8 Å². The molecule has 1 amide bonds. The summed E-state index contributed by atoms with van der Waals surface area (Å²) in [5.74, 6) is -0.593. The average Bonchev–Trinajstić information content (AvgIpc) is 2.94. The largest absolute Gasteiger partial charge is 0.466 e. The summed E-state index contributed by atoms with van der Waals surface area (Å²) in [4.78, 5) is 27.2. The number of carbonyl (C=O) groups is 2. The first kappa shape index (κ1) is 20.2. The number of halogens is 1. The molecule has 3 rings (SSSR count). The van der Waals surface area contributed by atoms with E-state index in [0.29, 0.717) is 19.7 Å². The minimum atomic E-state index is -0.568. The summed E-state index contributed by atoms with van der Waals surface area (Å²) in [5.41, 5.74) is 1.44. The fraction of sp³-hybridized carbons (Fsp3) is 0.619. The number of rotatable bonds is 2. The van der Waals surface area contributed by atoms with Gasteiger partial charge in [0.25, 0.3) is 0 Å². The van der Waals surface area contributed by atoms with E-state index in [-0.39, 0.29) is 18.0 Å². The molecule has 0 aromatic heterocycles. The summed E-state index contributed by atoms with van der Waals surface area (Å²) in [6.45, 7) is 8.54. The summed E-state index contributed by atoms with van der Waals surface area (Å²) >= 11 is 3.55. The molecule has 0 saturated carbocycles. The van der Waals surface area contributed by atoms with E-state index in [0.717, 1.165) is 23.7 Å². The number of hydrogen-bond donors (Lipinski definition) is 0. The van der Waals surface area contributed by atoms with Crippen LogP contribution in [0, 0.1) is 5.92 Å². The zero-order valence-electron chi connectivity index (χ0n) is 16.5. The Morgan fingerprint density at radius 2 is 2.07 bits per heavy atom. The molecule has 1 fully saturated rings. The number of benzene rings is 1. The number of nitrogens with zero attached hydrogens (tertiary/aromatic N) is 1. The van der Waals surface area contributed by atoms with E-state index in [9.17, 15) is 9.59 Å². The molecule has 1 aliphatic carbocycles. The van der Waals surface area contributed by atoms with Crippen molar-refractivity contribution < 1.29 is 19.1 Å². The van der Waals surface area contributed by atoms with Crippen molar-refractivity contribution in [3.63, 3.8) is 0 Å². The maximum absolute atomic E-state index is 12.8. The maximum atomic E-state index is 12.8. The molecule has 1 saturated heterocycles. The van der Waals surface area contributed by atoms with Crippen molar-refractivity contribution in [2.45, 2.75) is 58.0 Å². The van der Waals surface area contributed by atoms with Gasteiger partial charge in [-0.1, -0.05) is 22.0 Å². The molecule has 6 heteroatoms. The normalized spacial score (nSPS) is 24.6. The van der Waals surface area contributed by atoms with Gasteiger partial charge in [0.05, 0.1) is 12.5 Å². The van der Waals surface area contributed by atoms with Crippen LogP contribution in [0.2, 0.25) is 0 Å². The third-order valence-corrected chi connectivity index (χ3v) is 5.93. The number of ether oxygens (including phenoxy) is 2. The van der Waals surface area contributed by atoms with Crippen molar-refractivity contribution in [1.82, 2.24) is 4.90 Å². The van der Waals surface area contributed by atoms with Gasteiger partial charge in [0, 0.05) is 23.0 Å². The highest BCUT2D eigenvalue weighted by atomic mass is 79.9. The first-order chi connectivity index (χ1) is 12.7. The van der Waals surface area contributed by atoms with Gasteiger partial charge in [-0.25, -0.2) is 4.79 Å². The molecule has 1 aromatic carbocycles. The van der Waals surface area contributed by atoms with E-state index < -0.39 is 11.0 Å². The number of likely N-dealkylation sites (tertiary alicyclic amines) is 1. The van der Waals surface area contributed by atoms with Crippen LogP contribution in [0.5, 0.6) is 0 Å². The lowest BCUT2D eigenvalue weighted by atomic mass is 9.64. The highest BCUT2D eigenvalue weighted by Crippen LogP contribution is 2.48. The molecule has 27 heavy (non-hydrogen) atoms. The SMILES string of the molecule is CCOC(=O)C1CN(C(=O)OC(C)(C)C)CC12CCCc1cc(Br)ccc12. The van der Waals surface area contributed by atoms with Crippen molar-refractivity contribution in [3.8, 4) is 0 Å². The second-order valence-corrected chi connectivity index (χ2v) is 9.39. The van der Waals surface area contributed by atoms with Crippen molar-refractivity contribution in [2.24, 2.45) is 5.92 Å². The molecule has 2 aliphatic rings. The zero-order valence-corrected chi connectivity index (χ0v) is 18.1.